The van der Waals surface area contributed by atoms with E-state index in [0.29, 0.717) is 15.8 Å². The highest BCUT2D eigenvalue weighted by Crippen LogP contribution is 2.21. The Hall–Kier alpha value is -2.04. The van der Waals surface area contributed by atoms with Crippen LogP contribution >= 0.6 is 23.2 Å². The minimum atomic E-state index is -0.347. The second-order valence-electron chi connectivity index (χ2n) is 5.08. The van der Waals surface area contributed by atoms with Gasteiger partial charge < -0.3 is 4.74 Å². The summed E-state index contributed by atoms with van der Waals surface area (Å²) in [5.41, 5.74) is 5.29. The predicted molar refractivity (Wildman–Crippen MR) is 93.6 cm³/mol. The van der Waals surface area contributed by atoms with Gasteiger partial charge in [-0.25, -0.2) is 5.43 Å². The zero-order chi connectivity index (χ0) is 16.8. The number of nitrogens with one attached hydrogen (secondary N) is 1. The lowest BCUT2D eigenvalue weighted by Gasteiger charge is -2.07. The largest absolute Gasteiger partial charge is 0.484 e. The fourth-order valence-corrected chi connectivity index (χ4v) is 2.28. The summed E-state index contributed by atoms with van der Waals surface area (Å²) in [6.07, 6.45) is 1.48. The summed E-state index contributed by atoms with van der Waals surface area (Å²) >= 11 is 11.7. The highest BCUT2D eigenvalue weighted by atomic mass is 35.5. The van der Waals surface area contributed by atoms with Crippen LogP contribution in [0, 0.1) is 13.8 Å². The highest BCUT2D eigenvalue weighted by molar-refractivity contribution is 6.42. The van der Waals surface area contributed by atoms with Crippen LogP contribution in [0.1, 0.15) is 16.7 Å². The Morgan fingerprint density at radius 3 is 2.48 bits per heavy atom. The van der Waals surface area contributed by atoms with Crippen molar-refractivity contribution in [1.82, 2.24) is 5.43 Å². The molecule has 2 aromatic rings. The molecule has 0 aliphatic rings. The van der Waals surface area contributed by atoms with E-state index in [1.165, 1.54) is 6.21 Å². The van der Waals surface area contributed by atoms with Crippen molar-refractivity contribution in [2.75, 3.05) is 6.61 Å². The molecule has 0 radical (unpaired) electrons. The van der Waals surface area contributed by atoms with Crippen LogP contribution in [0.25, 0.3) is 0 Å². The Morgan fingerprint density at radius 2 is 1.83 bits per heavy atom. The Bertz CT molecular complexity index is 725. The molecular formula is C17H16Cl2N2O2. The third-order valence-corrected chi connectivity index (χ3v) is 3.65. The summed E-state index contributed by atoms with van der Waals surface area (Å²) in [5, 5.41) is 4.75. The zero-order valence-electron chi connectivity index (χ0n) is 12.8. The number of rotatable bonds is 5. The van der Waals surface area contributed by atoms with Gasteiger partial charge in [0.2, 0.25) is 0 Å². The smallest absolute Gasteiger partial charge is 0.277 e. The molecule has 6 heteroatoms. The number of carbonyl (C=O) groups is 1. The normalized spacial score (nSPS) is 10.8. The lowest BCUT2D eigenvalue weighted by molar-refractivity contribution is -0.123. The van der Waals surface area contributed by atoms with Crippen molar-refractivity contribution in [3.63, 3.8) is 0 Å². The highest BCUT2D eigenvalue weighted by Gasteiger charge is 2.03. The van der Waals surface area contributed by atoms with Crippen LogP contribution in [0.3, 0.4) is 0 Å². The fourth-order valence-electron chi connectivity index (χ4n) is 1.97. The second-order valence-corrected chi connectivity index (χ2v) is 5.89. The Balaban J connectivity index is 1.85. The van der Waals surface area contributed by atoms with Crippen molar-refractivity contribution < 1.29 is 9.53 Å². The molecule has 0 saturated carbocycles. The first-order valence-electron chi connectivity index (χ1n) is 6.92. The predicted octanol–water partition coefficient (Wildman–Crippen LogP) is 4.14. The van der Waals surface area contributed by atoms with E-state index in [1.54, 1.807) is 18.2 Å². The van der Waals surface area contributed by atoms with Crippen LogP contribution in [0.2, 0.25) is 10.0 Å². The van der Waals surface area contributed by atoms with Gasteiger partial charge >= 0.3 is 0 Å². The molecule has 0 aliphatic carbocycles. The van der Waals surface area contributed by atoms with E-state index in [-0.39, 0.29) is 12.5 Å². The number of carbonyl (C=O) groups excluding carboxylic acids is 1. The van der Waals surface area contributed by atoms with E-state index in [0.717, 1.165) is 16.7 Å². The number of hydrazone groups is 1. The van der Waals surface area contributed by atoms with Gasteiger partial charge in [-0.15, -0.1) is 0 Å². The van der Waals surface area contributed by atoms with Gasteiger partial charge in [-0.05, 0) is 54.8 Å². The van der Waals surface area contributed by atoms with E-state index in [1.807, 2.05) is 32.0 Å². The molecule has 0 bridgehead atoms. The molecule has 1 N–H and O–H groups in total. The van der Waals surface area contributed by atoms with Gasteiger partial charge in [0.25, 0.3) is 5.91 Å². The molecule has 4 nitrogen and oxygen atoms in total. The molecule has 0 fully saturated rings. The molecule has 23 heavy (non-hydrogen) atoms. The third-order valence-electron chi connectivity index (χ3n) is 2.91. The van der Waals surface area contributed by atoms with Crippen LogP contribution < -0.4 is 10.2 Å². The summed E-state index contributed by atoms with van der Waals surface area (Å²) in [6, 6.07) is 10.9. The van der Waals surface area contributed by atoms with Crippen molar-refractivity contribution >= 4 is 35.3 Å². The molecule has 0 unspecified atom stereocenters. The molecule has 0 spiro atoms. The maximum absolute atomic E-state index is 11.7. The molecule has 0 aliphatic heterocycles. The minimum absolute atomic E-state index is 0.110. The fraction of sp³-hybridized carbons (Fsp3) is 0.176. The average Bonchev–Trinajstić information content (AvgIpc) is 2.48. The van der Waals surface area contributed by atoms with Gasteiger partial charge in [0.05, 0.1) is 16.3 Å². The van der Waals surface area contributed by atoms with Gasteiger partial charge in [0, 0.05) is 0 Å². The van der Waals surface area contributed by atoms with Crippen molar-refractivity contribution in [3.8, 4) is 5.75 Å². The summed E-state index contributed by atoms with van der Waals surface area (Å²) in [6.45, 7) is 3.84. The first-order chi connectivity index (χ1) is 10.9. The van der Waals surface area contributed by atoms with Crippen LogP contribution in [-0.4, -0.2) is 18.7 Å². The molecule has 2 aromatic carbocycles. The Labute approximate surface area is 145 Å². The van der Waals surface area contributed by atoms with Crippen molar-refractivity contribution in [2.24, 2.45) is 5.10 Å². The number of aryl methyl sites for hydroxylation is 2. The van der Waals surface area contributed by atoms with E-state index >= 15 is 0 Å². The maximum atomic E-state index is 11.7. The molecular weight excluding hydrogens is 335 g/mol. The van der Waals surface area contributed by atoms with Gasteiger partial charge in [-0.2, -0.15) is 5.10 Å². The van der Waals surface area contributed by atoms with Gasteiger partial charge in [-0.1, -0.05) is 35.3 Å². The third kappa shape index (κ3) is 5.58. The van der Waals surface area contributed by atoms with Crippen molar-refractivity contribution in [1.29, 1.82) is 0 Å². The molecule has 120 valence electrons. The number of hydrogen-bond acceptors (Lipinski definition) is 3. The van der Waals surface area contributed by atoms with Crippen molar-refractivity contribution in [2.45, 2.75) is 13.8 Å². The zero-order valence-corrected chi connectivity index (χ0v) is 14.3. The summed E-state index contributed by atoms with van der Waals surface area (Å²) in [7, 11) is 0. The van der Waals surface area contributed by atoms with Crippen LogP contribution in [-0.2, 0) is 4.79 Å². The number of ether oxygens (including phenoxy) is 1. The van der Waals surface area contributed by atoms with E-state index in [4.69, 9.17) is 27.9 Å². The standard InChI is InChI=1S/C17H16Cl2N2O2/c1-11-5-12(2)7-14(6-11)23-10-17(22)21-20-9-13-3-4-15(18)16(19)8-13/h3-9H,10H2,1-2H3,(H,21,22). The molecule has 2 rings (SSSR count). The summed E-state index contributed by atoms with van der Waals surface area (Å²) in [5.74, 6) is 0.312. The lowest BCUT2D eigenvalue weighted by atomic mass is 10.1. The average molecular weight is 351 g/mol. The van der Waals surface area contributed by atoms with Crippen LogP contribution in [0.4, 0.5) is 0 Å². The second kappa shape index (κ2) is 7.99. The molecule has 1 amide bonds. The molecule has 0 saturated heterocycles. The van der Waals surface area contributed by atoms with Crippen LogP contribution in [0.15, 0.2) is 41.5 Å². The first kappa shape index (κ1) is 17.3. The van der Waals surface area contributed by atoms with E-state index < -0.39 is 0 Å². The van der Waals surface area contributed by atoms with E-state index in [2.05, 4.69) is 10.5 Å². The number of benzene rings is 2. The Morgan fingerprint density at radius 1 is 1.13 bits per heavy atom. The summed E-state index contributed by atoms with van der Waals surface area (Å²) < 4.78 is 5.44. The number of halogens is 2. The monoisotopic (exact) mass is 350 g/mol. The van der Waals surface area contributed by atoms with Gasteiger partial charge in [0.1, 0.15) is 5.75 Å². The van der Waals surface area contributed by atoms with Crippen molar-refractivity contribution in [3.05, 3.63) is 63.1 Å². The summed E-state index contributed by atoms with van der Waals surface area (Å²) in [4.78, 5) is 11.7. The minimum Gasteiger partial charge on any atom is -0.484 e. The molecule has 0 heterocycles. The molecule has 0 atom stereocenters. The first-order valence-corrected chi connectivity index (χ1v) is 7.67. The van der Waals surface area contributed by atoms with Crippen LogP contribution in [0.5, 0.6) is 5.75 Å². The maximum Gasteiger partial charge on any atom is 0.277 e. The number of nitrogens with zero attached hydrogens (tertiary/aromatic N) is 1. The number of hydrogen-bond donors (Lipinski definition) is 1. The topological polar surface area (TPSA) is 50.7 Å². The lowest BCUT2D eigenvalue weighted by Crippen LogP contribution is -2.24. The molecule has 0 aromatic heterocycles. The Kier molecular flexibility index (Phi) is 6.02. The van der Waals surface area contributed by atoms with Gasteiger partial charge in [-0.3, -0.25) is 4.79 Å². The van der Waals surface area contributed by atoms with E-state index in [9.17, 15) is 4.79 Å². The quantitative estimate of drug-likeness (QED) is 0.650. The van der Waals surface area contributed by atoms with Gasteiger partial charge in [0.15, 0.2) is 6.61 Å². The SMILES string of the molecule is Cc1cc(C)cc(OCC(=O)NN=Cc2ccc(Cl)c(Cl)c2)c1. The number of amides is 1.